The fourth-order valence-corrected chi connectivity index (χ4v) is 3.58. The predicted octanol–water partition coefficient (Wildman–Crippen LogP) is 0.698. The molecule has 1 N–H and O–H groups in total. The first-order valence-corrected chi connectivity index (χ1v) is 9.42. The molecule has 1 saturated heterocycles. The number of piperazine rings is 1. The number of nitrogens with one attached hydrogen (secondary N) is 1. The van der Waals surface area contributed by atoms with E-state index in [9.17, 15) is 18.0 Å². The summed E-state index contributed by atoms with van der Waals surface area (Å²) in [5.74, 6) is 0.383. The SMILES string of the molecule is Cc1cc(NS(=O)(=O)c2ccc(C(=O)N3CCN(C=O)CC3)cc2)no1. The molecule has 2 aromatic rings. The van der Waals surface area contributed by atoms with Crippen LogP contribution < -0.4 is 4.72 Å². The van der Waals surface area contributed by atoms with Crippen LogP contribution in [-0.4, -0.2) is 61.9 Å². The van der Waals surface area contributed by atoms with Gasteiger partial charge in [0.05, 0.1) is 4.90 Å². The Morgan fingerprint density at radius 2 is 1.85 bits per heavy atom. The fourth-order valence-electron chi connectivity index (χ4n) is 2.60. The highest BCUT2D eigenvalue weighted by Crippen LogP contribution is 2.17. The molecule has 1 aliphatic rings. The van der Waals surface area contributed by atoms with Crippen LogP contribution >= 0.6 is 0 Å². The van der Waals surface area contributed by atoms with Gasteiger partial charge in [0, 0.05) is 37.8 Å². The highest BCUT2D eigenvalue weighted by molar-refractivity contribution is 7.92. The maximum Gasteiger partial charge on any atom is 0.263 e. The van der Waals surface area contributed by atoms with Gasteiger partial charge in [0.15, 0.2) is 5.82 Å². The number of sulfonamides is 1. The average Bonchev–Trinajstić information content (AvgIpc) is 3.05. The normalized spacial score (nSPS) is 15.0. The van der Waals surface area contributed by atoms with Gasteiger partial charge in [-0.15, -0.1) is 0 Å². The van der Waals surface area contributed by atoms with Gasteiger partial charge in [0.25, 0.3) is 15.9 Å². The molecule has 0 radical (unpaired) electrons. The van der Waals surface area contributed by atoms with Crippen LogP contribution in [0.2, 0.25) is 0 Å². The van der Waals surface area contributed by atoms with Crippen LogP contribution in [0.4, 0.5) is 5.82 Å². The van der Waals surface area contributed by atoms with Gasteiger partial charge in [-0.2, -0.15) is 0 Å². The highest BCUT2D eigenvalue weighted by Gasteiger charge is 2.22. The van der Waals surface area contributed by atoms with Gasteiger partial charge < -0.3 is 14.3 Å². The van der Waals surface area contributed by atoms with Gasteiger partial charge in [-0.05, 0) is 31.2 Å². The van der Waals surface area contributed by atoms with Crippen LogP contribution in [-0.2, 0) is 14.8 Å². The Bertz CT molecular complexity index is 899. The number of hydrogen-bond acceptors (Lipinski definition) is 6. The zero-order chi connectivity index (χ0) is 18.7. The largest absolute Gasteiger partial charge is 0.360 e. The maximum absolute atomic E-state index is 12.5. The topological polar surface area (TPSA) is 113 Å². The molecule has 1 aliphatic heterocycles. The lowest BCUT2D eigenvalue weighted by Crippen LogP contribution is -2.48. The summed E-state index contributed by atoms with van der Waals surface area (Å²) in [4.78, 5) is 26.5. The molecule has 0 unspecified atom stereocenters. The minimum absolute atomic E-state index is 0.0143. The first kappa shape index (κ1) is 17.9. The number of rotatable bonds is 5. The van der Waals surface area contributed by atoms with Crippen molar-refractivity contribution in [3.63, 3.8) is 0 Å². The van der Waals surface area contributed by atoms with Crippen molar-refractivity contribution in [2.24, 2.45) is 0 Å². The van der Waals surface area contributed by atoms with Crippen molar-refractivity contribution >= 4 is 28.2 Å². The Kier molecular flexibility index (Phi) is 4.94. The zero-order valence-electron chi connectivity index (χ0n) is 14.1. The van der Waals surface area contributed by atoms with E-state index in [4.69, 9.17) is 4.52 Å². The Morgan fingerprint density at radius 3 is 2.38 bits per heavy atom. The molecule has 10 heteroatoms. The fraction of sp³-hybridized carbons (Fsp3) is 0.312. The molecule has 0 aliphatic carbocycles. The predicted molar refractivity (Wildman–Crippen MR) is 92.0 cm³/mol. The lowest BCUT2D eigenvalue weighted by Gasteiger charge is -2.32. The van der Waals surface area contributed by atoms with E-state index in [1.807, 2.05) is 0 Å². The molecule has 26 heavy (non-hydrogen) atoms. The Balaban J connectivity index is 1.69. The van der Waals surface area contributed by atoms with Gasteiger partial charge >= 0.3 is 0 Å². The van der Waals surface area contributed by atoms with Gasteiger partial charge in [-0.25, -0.2) is 8.42 Å². The number of benzene rings is 1. The minimum atomic E-state index is -3.82. The third-order valence-corrected chi connectivity index (χ3v) is 5.40. The minimum Gasteiger partial charge on any atom is -0.360 e. The number of hydrogen-bond donors (Lipinski definition) is 1. The molecule has 0 spiro atoms. The van der Waals surface area contributed by atoms with E-state index in [1.54, 1.807) is 16.7 Å². The molecule has 1 fully saturated rings. The molecule has 0 atom stereocenters. The summed E-state index contributed by atoms with van der Waals surface area (Å²) in [5, 5.41) is 3.59. The Labute approximate surface area is 150 Å². The second-order valence-corrected chi connectivity index (χ2v) is 7.57. The van der Waals surface area contributed by atoms with Gasteiger partial charge in [0.2, 0.25) is 6.41 Å². The standard InChI is InChI=1S/C16H18N4O5S/c1-12-10-15(17-25-12)18-26(23,24)14-4-2-13(3-5-14)16(22)20-8-6-19(11-21)7-9-20/h2-5,10-11H,6-9H2,1H3,(H,17,18). The first-order valence-electron chi connectivity index (χ1n) is 7.94. The number of aryl methyl sites for hydroxylation is 1. The maximum atomic E-state index is 12.5. The van der Waals surface area contributed by atoms with E-state index in [2.05, 4.69) is 9.88 Å². The van der Waals surface area contributed by atoms with Gasteiger partial charge in [-0.1, -0.05) is 5.16 Å². The van der Waals surface area contributed by atoms with E-state index in [1.165, 1.54) is 30.3 Å². The molecule has 2 heterocycles. The van der Waals surface area contributed by atoms with Crippen LogP contribution in [0.3, 0.4) is 0 Å². The van der Waals surface area contributed by atoms with E-state index < -0.39 is 10.0 Å². The van der Waals surface area contributed by atoms with E-state index in [-0.39, 0.29) is 16.6 Å². The summed E-state index contributed by atoms with van der Waals surface area (Å²) < 4.78 is 31.8. The van der Waals surface area contributed by atoms with Gasteiger partial charge in [0.1, 0.15) is 5.76 Å². The number of carbonyl (C=O) groups excluding carboxylic acids is 2. The van der Waals surface area contributed by atoms with Crippen molar-refractivity contribution in [3.05, 3.63) is 41.7 Å². The van der Waals surface area contributed by atoms with Crippen molar-refractivity contribution in [1.29, 1.82) is 0 Å². The van der Waals surface area contributed by atoms with Crippen molar-refractivity contribution in [3.8, 4) is 0 Å². The van der Waals surface area contributed by atoms with E-state index in [0.717, 1.165) is 6.41 Å². The summed E-state index contributed by atoms with van der Waals surface area (Å²) >= 11 is 0. The molecular weight excluding hydrogens is 360 g/mol. The third-order valence-electron chi connectivity index (χ3n) is 4.03. The molecule has 3 rings (SSSR count). The van der Waals surface area contributed by atoms with Gasteiger partial charge in [-0.3, -0.25) is 14.3 Å². The Morgan fingerprint density at radius 1 is 1.19 bits per heavy atom. The lowest BCUT2D eigenvalue weighted by molar-refractivity contribution is -0.119. The second kappa shape index (κ2) is 7.16. The molecule has 1 aromatic heterocycles. The van der Waals surface area contributed by atoms with Crippen LogP contribution in [0.1, 0.15) is 16.1 Å². The third kappa shape index (κ3) is 3.85. The van der Waals surface area contributed by atoms with E-state index >= 15 is 0 Å². The molecule has 1 aromatic carbocycles. The molecule has 138 valence electrons. The van der Waals surface area contributed by atoms with Crippen molar-refractivity contribution < 1.29 is 22.5 Å². The van der Waals surface area contributed by atoms with Crippen LogP contribution in [0, 0.1) is 6.92 Å². The lowest BCUT2D eigenvalue weighted by atomic mass is 10.2. The van der Waals surface area contributed by atoms with Crippen molar-refractivity contribution in [1.82, 2.24) is 15.0 Å². The van der Waals surface area contributed by atoms with Crippen LogP contribution in [0.25, 0.3) is 0 Å². The number of aromatic nitrogens is 1. The number of anilines is 1. The summed E-state index contributed by atoms with van der Waals surface area (Å²) in [6, 6.07) is 7.14. The Hall–Kier alpha value is -2.88. The quantitative estimate of drug-likeness (QED) is 0.766. The summed E-state index contributed by atoms with van der Waals surface area (Å²) in [6.07, 6.45) is 0.769. The van der Waals surface area contributed by atoms with Crippen molar-refractivity contribution in [2.75, 3.05) is 30.9 Å². The first-order chi connectivity index (χ1) is 12.4. The average molecular weight is 378 g/mol. The van der Waals surface area contributed by atoms with Crippen molar-refractivity contribution in [2.45, 2.75) is 11.8 Å². The smallest absolute Gasteiger partial charge is 0.263 e. The summed E-state index contributed by atoms with van der Waals surface area (Å²) in [7, 11) is -3.82. The molecule has 2 amide bonds. The molecule has 0 saturated carbocycles. The summed E-state index contributed by atoms with van der Waals surface area (Å²) in [5.41, 5.74) is 0.390. The second-order valence-electron chi connectivity index (χ2n) is 5.89. The molecular formula is C16H18N4O5S. The van der Waals surface area contributed by atoms with Crippen LogP contribution in [0.15, 0.2) is 39.8 Å². The van der Waals surface area contributed by atoms with Crippen LogP contribution in [0.5, 0.6) is 0 Å². The monoisotopic (exact) mass is 378 g/mol. The number of carbonyl (C=O) groups is 2. The molecule has 9 nitrogen and oxygen atoms in total. The highest BCUT2D eigenvalue weighted by atomic mass is 32.2. The number of amides is 2. The van der Waals surface area contributed by atoms with E-state index in [0.29, 0.717) is 37.5 Å². The zero-order valence-corrected chi connectivity index (χ0v) is 14.9. The summed E-state index contributed by atoms with van der Waals surface area (Å²) in [6.45, 7) is 3.53. The number of nitrogens with zero attached hydrogens (tertiary/aromatic N) is 3. The molecule has 0 bridgehead atoms.